The van der Waals surface area contributed by atoms with Crippen LogP contribution in [0.2, 0.25) is 0 Å². The van der Waals surface area contributed by atoms with Gasteiger partial charge >= 0.3 is 33.9 Å². The molecule has 5 heteroatoms. The first-order chi connectivity index (χ1) is 8.47. The van der Waals surface area contributed by atoms with Gasteiger partial charge in [0.05, 0.1) is 0 Å². The van der Waals surface area contributed by atoms with Gasteiger partial charge in [0.1, 0.15) is 0 Å². The van der Waals surface area contributed by atoms with E-state index in [1.165, 1.54) is 10.4 Å². The summed E-state index contributed by atoms with van der Waals surface area (Å²) in [5, 5.41) is 2.10. The third-order valence-corrected chi connectivity index (χ3v) is 2.50. The van der Waals surface area contributed by atoms with E-state index in [1.54, 1.807) is 11.3 Å². The first-order valence-corrected chi connectivity index (χ1v) is 5.05. The number of rotatable bonds is 1. The van der Waals surface area contributed by atoms with Crippen molar-refractivity contribution < 1.29 is 31.3 Å². The average Bonchev–Trinajstić information content (AvgIpc) is 3.01. The van der Waals surface area contributed by atoms with Crippen LogP contribution >= 0.6 is 11.3 Å². The quantitative estimate of drug-likeness (QED) is 0.572. The van der Waals surface area contributed by atoms with Gasteiger partial charge in [-0.1, -0.05) is 36.4 Å². The fourth-order valence-corrected chi connectivity index (χ4v) is 1.78. The van der Waals surface area contributed by atoms with E-state index in [9.17, 15) is 0 Å². The van der Waals surface area contributed by atoms with Crippen molar-refractivity contribution in [1.82, 2.24) is 0 Å². The Bertz CT molecular complexity index is 418. The van der Waals surface area contributed by atoms with Gasteiger partial charge in [-0.25, -0.2) is 0 Å². The predicted molar refractivity (Wildman–Crippen MR) is 61.5 cm³/mol. The summed E-state index contributed by atoms with van der Waals surface area (Å²) in [6, 6.07) is 14.6. The predicted octanol–water partition coefficient (Wildman–Crippen LogP) is 3.30. The average molecular weight is 296 g/mol. The molecule has 0 amide bonds. The first-order valence-electron chi connectivity index (χ1n) is 4.17. The van der Waals surface area contributed by atoms with Crippen molar-refractivity contribution in [3.63, 3.8) is 0 Å². The van der Waals surface area contributed by atoms with Crippen LogP contribution in [0.4, 0.5) is 0 Å². The molecule has 0 saturated carbocycles. The van der Waals surface area contributed by atoms with Crippen LogP contribution in [0, 0.1) is 20.0 Å². The molecule has 3 nitrogen and oxygen atoms in total. The second-order valence-corrected chi connectivity index (χ2v) is 3.29. The SMILES string of the molecule is [C-]#[O+].[C-]#[O+].[C-]#[O+].[Cr].c1ccc(-c2cccs2)cc1. The summed E-state index contributed by atoms with van der Waals surface area (Å²) < 4.78 is 22.5. The van der Waals surface area contributed by atoms with Crippen LogP contribution in [0.3, 0.4) is 0 Å². The maximum atomic E-state index is 7.50. The van der Waals surface area contributed by atoms with Gasteiger partial charge < -0.3 is 0 Å². The summed E-state index contributed by atoms with van der Waals surface area (Å²) in [6.07, 6.45) is 0. The maximum absolute atomic E-state index is 7.50. The molecule has 18 heavy (non-hydrogen) atoms. The van der Waals surface area contributed by atoms with E-state index in [1.807, 2.05) is 6.07 Å². The molecule has 90 valence electrons. The molecule has 2 rings (SSSR count). The van der Waals surface area contributed by atoms with Gasteiger partial charge in [0.25, 0.3) is 0 Å². The van der Waals surface area contributed by atoms with Gasteiger partial charge in [-0.2, -0.15) is 0 Å². The van der Waals surface area contributed by atoms with Crippen LogP contribution in [-0.4, -0.2) is 0 Å². The topological polar surface area (TPSA) is 59.7 Å². The Hall–Kier alpha value is -1.33. The first kappa shape index (κ1) is 21.9. The van der Waals surface area contributed by atoms with Crippen LogP contribution in [0.15, 0.2) is 47.8 Å². The molecule has 0 bridgehead atoms. The fourth-order valence-electron chi connectivity index (χ4n) is 1.05. The van der Waals surface area contributed by atoms with Gasteiger partial charge in [-0.3, -0.25) is 0 Å². The van der Waals surface area contributed by atoms with Crippen LogP contribution in [0.5, 0.6) is 0 Å². The smallest absolute Gasteiger partial charge is 0.0342 e. The van der Waals surface area contributed by atoms with E-state index in [0.717, 1.165) is 0 Å². The molecule has 0 radical (unpaired) electrons. The monoisotopic (exact) mass is 296 g/mol. The number of hydrogen-bond acceptors (Lipinski definition) is 1. The summed E-state index contributed by atoms with van der Waals surface area (Å²) in [7, 11) is 0. The van der Waals surface area contributed by atoms with Gasteiger partial charge in [0.15, 0.2) is 0 Å². The zero-order valence-corrected chi connectivity index (χ0v) is 11.3. The van der Waals surface area contributed by atoms with Gasteiger partial charge in [0, 0.05) is 22.2 Å². The molecule has 2 aromatic rings. The van der Waals surface area contributed by atoms with Crippen molar-refractivity contribution in [2.75, 3.05) is 0 Å². The van der Waals surface area contributed by atoms with Crippen molar-refractivity contribution in [3.8, 4) is 10.4 Å². The third-order valence-electron chi connectivity index (χ3n) is 1.58. The zero-order chi connectivity index (χ0) is 13.5. The summed E-state index contributed by atoms with van der Waals surface area (Å²) in [4.78, 5) is 1.34. The molecule has 0 unspecified atom stereocenters. The van der Waals surface area contributed by atoms with Gasteiger partial charge in [0.2, 0.25) is 0 Å². The Balaban J connectivity index is -0.000000285. The Morgan fingerprint density at radius 3 is 1.61 bits per heavy atom. The van der Waals surface area contributed by atoms with E-state index in [0.29, 0.717) is 0 Å². The summed E-state index contributed by atoms with van der Waals surface area (Å²) in [5.41, 5.74) is 1.31. The second kappa shape index (κ2) is 18.0. The minimum Gasteiger partial charge on any atom is -0.144 e. The van der Waals surface area contributed by atoms with E-state index in [4.69, 9.17) is 14.0 Å². The molecule has 1 heterocycles. The molecule has 0 aliphatic heterocycles. The van der Waals surface area contributed by atoms with Crippen LogP contribution in [0.1, 0.15) is 0 Å². The molecular weight excluding hydrogens is 288 g/mol. The van der Waals surface area contributed by atoms with E-state index in [-0.39, 0.29) is 17.4 Å². The molecule has 0 spiro atoms. The van der Waals surface area contributed by atoms with Crippen LogP contribution in [-0.2, 0) is 31.3 Å². The molecule has 0 aliphatic carbocycles. The normalized spacial score (nSPS) is 6.33. The Kier molecular flexibility index (Phi) is 22.0. The van der Waals surface area contributed by atoms with Crippen molar-refractivity contribution in [2.24, 2.45) is 0 Å². The van der Waals surface area contributed by atoms with Gasteiger partial charge in [-0.15, -0.1) is 11.3 Å². The Morgan fingerprint density at radius 1 is 0.722 bits per heavy atom. The van der Waals surface area contributed by atoms with Crippen molar-refractivity contribution in [1.29, 1.82) is 0 Å². The maximum Gasteiger partial charge on any atom is 0.0342 e. The third kappa shape index (κ3) is 8.78. The number of hydrogen-bond donors (Lipinski definition) is 0. The standard InChI is InChI=1S/C10H8S.3CO.Cr/c1-2-5-9(6-3-1)10-7-4-8-11-10;3*1-2;/h1-8H;;;;. The molecule has 0 N–H and O–H groups in total. The second-order valence-electron chi connectivity index (χ2n) is 2.34. The van der Waals surface area contributed by atoms with E-state index in [2.05, 4.69) is 61.7 Å². The number of thiophene rings is 1. The van der Waals surface area contributed by atoms with E-state index < -0.39 is 0 Å². The molecule has 0 atom stereocenters. The van der Waals surface area contributed by atoms with E-state index >= 15 is 0 Å². The van der Waals surface area contributed by atoms with Crippen molar-refractivity contribution in [2.45, 2.75) is 0 Å². The van der Waals surface area contributed by atoms with Crippen LogP contribution in [0.25, 0.3) is 10.4 Å². The summed E-state index contributed by atoms with van der Waals surface area (Å²) >= 11 is 1.78. The minimum atomic E-state index is 0. The van der Waals surface area contributed by atoms with Crippen molar-refractivity contribution >= 4 is 11.3 Å². The Labute approximate surface area is 121 Å². The minimum absolute atomic E-state index is 0. The largest absolute Gasteiger partial charge is 0.144 e. The molecular formula is C13H8CrO3S. The number of benzene rings is 1. The zero-order valence-electron chi connectivity index (χ0n) is 9.16. The Morgan fingerprint density at radius 2 is 1.22 bits per heavy atom. The molecule has 0 fully saturated rings. The molecule has 1 aromatic heterocycles. The van der Waals surface area contributed by atoms with Crippen LogP contribution < -0.4 is 0 Å². The molecule has 0 saturated heterocycles. The fraction of sp³-hybridized carbons (Fsp3) is 0. The molecule has 0 aliphatic rings. The molecule has 1 aromatic carbocycles. The summed E-state index contributed by atoms with van der Waals surface area (Å²) in [5.74, 6) is 0. The summed E-state index contributed by atoms with van der Waals surface area (Å²) in [6.45, 7) is 13.5. The van der Waals surface area contributed by atoms with Crippen molar-refractivity contribution in [3.05, 3.63) is 67.8 Å². The van der Waals surface area contributed by atoms with Gasteiger partial charge in [-0.05, 0) is 17.0 Å².